The first kappa shape index (κ1) is 21.7. The molecule has 0 amide bonds. The van der Waals surface area contributed by atoms with Gasteiger partial charge in [-0.25, -0.2) is 9.59 Å². The van der Waals surface area contributed by atoms with Crippen LogP contribution in [0.25, 0.3) is 0 Å². The number of carbonyl (C=O) groups excluding carboxylic acids is 2. The van der Waals surface area contributed by atoms with Crippen LogP contribution in [-0.2, 0) is 19.1 Å². The fourth-order valence-corrected chi connectivity index (χ4v) is 2.33. The lowest BCUT2D eigenvalue weighted by Crippen LogP contribution is -2.17. The summed E-state index contributed by atoms with van der Waals surface area (Å²) in [5.74, 6) is -0.723. The smallest absolute Gasteiger partial charge is 0.334 e. The van der Waals surface area contributed by atoms with Gasteiger partial charge in [-0.1, -0.05) is 53.4 Å². The lowest BCUT2D eigenvalue weighted by atomic mass is 9.99. The van der Waals surface area contributed by atoms with E-state index in [2.05, 4.69) is 6.92 Å². The second kappa shape index (κ2) is 14.3. The largest absolute Gasteiger partial charge is 0.462 e. The monoisotopic (exact) mass is 326 g/mol. The van der Waals surface area contributed by atoms with Gasteiger partial charge in [-0.3, -0.25) is 0 Å². The van der Waals surface area contributed by atoms with Crippen molar-refractivity contribution in [1.82, 2.24) is 0 Å². The third-order valence-electron chi connectivity index (χ3n) is 3.62. The van der Waals surface area contributed by atoms with Crippen molar-refractivity contribution in [3.05, 3.63) is 11.1 Å². The Morgan fingerprint density at radius 1 is 0.652 bits per heavy atom. The number of carbonyl (C=O) groups is 2. The molecule has 4 heteroatoms. The highest BCUT2D eigenvalue weighted by Gasteiger charge is 2.21. The molecule has 0 unspecified atom stereocenters. The molecule has 0 aromatic rings. The summed E-state index contributed by atoms with van der Waals surface area (Å²) < 4.78 is 10.5. The predicted molar refractivity (Wildman–Crippen MR) is 93.2 cm³/mol. The maximum atomic E-state index is 12.3. The summed E-state index contributed by atoms with van der Waals surface area (Å²) >= 11 is 0. The van der Waals surface area contributed by atoms with Crippen molar-refractivity contribution < 1.29 is 19.1 Å². The lowest BCUT2D eigenvalue weighted by molar-refractivity contribution is -0.142. The molecule has 0 rings (SSSR count). The van der Waals surface area contributed by atoms with Gasteiger partial charge in [0.1, 0.15) is 0 Å². The Hall–Kier alpha value is -1.32. The van der Waals surface area contributed by atoms with E-state index in [9.17, 15) is 9.59 Å². The van der Waals surface area contributed by atoms with Gasteiger partial charge in [0.05, 0.1) is 13.2 Å². The molecule has 0 fully saturated rings. The van der Waals surface area contributed by atoms with Gasteiger partial charge in [-0.15, -0.1) is 0 Å². The Morgan fingerprint density at radius 2 is 1.17 bits per heavy atom. The molecule has 0 spiro atoms. The first-order chi connectivity index (χ1) is 11.1. The molecule has 0 aliphatic rings. The van der Waals surface area contributed by atoms with Gasteiger partial charge in [-0.2, -0.15) is 0 Å². The quantitative estimate of drug-likeness (QED) is 0.273. The highest BCUT2D eigenvalue weighted by molar-refractivity contribution is 6.00. The van der Waals surface area contributed by atoms with Gasteiger partial charge >= 0.3 is 11.9 Å². The average molecular weight is 326 g/mol. The Labute approximate surface area is 141 Å². The first-order valence-electron chi connectivity index (χ1n) is 9.18. The fraction of sp³-hybridized carbons (Fsp3) is 0.789. The van der Waals surface area contributed by atoms with Gasteiger partial charge in [-0.05, 0) is 32.1 Å². The van der Waals surface area contributed by atoms with Crippen molar-refractivity contribution in [3.63, 3.8) is 0 Å². The Morgan fingerprint density at radius 3 is 1.65 bits per heavy atom. The molecule has 4 nitrogen and oxygen atoms in total. The summed E-state index contributed by atoms with van der Waals surface area (Å²) in [7, 11) is 0. The summed E-state index contributed by atoms with van der Waals surface area (Å²) in [6.45, 7) is 8.73. The topological polar surface area (TPSA) is 52.6 Å². The molecule has 0 atom stereocenters. The van der Waals surface area contributed by atoms with Crippen LogP contribution in [0.5, 0.6) is 0 Å². The van der Waals surface area contributed by atoms with Gasteiger partial charge < -0.3 is 9.47 Å². The van der Waals surface area contributed by atoms with E-state index < -0.39 is 0 Å². The van der Waals surface area contributed by atoms with E-state index in [1.165, 1.54) is 12.8 Å². The number of ether oxygens (including phenoxy) is 2. The van der Waals surface area contributed by atoms with Crippen LogP contribution in [0.15, 0.2) is 11.1 Å². The second-order valence-electron chi connectivity index (χ2n) is 5.75. The summed E-state index contributed by atoms with van der Waals surface area (Å²) in [4.78, 5) is 24.5. The Balaban J connectivity index is 4.97. The summed E-state index contributed by atoms with van der Waals surface area (Å²) in [5.41, 5.74) is 0.994. The number of unbranched alkanes of at least 4 members (excludes halogenated alkanes) is 4. The van der Waals surface area contributed by atoms with Crippen LogP contribution in [0.4, 0.5) is 0 Å². The van der Waals surface area contributed by atoms with Crippen LogP contribution in [-0.4, -0.2) is 25.2 Å². The van der Waals surface area contributed by atoms with E-state index in [0.717, 1.165) is 32.1 Å². The molecule has 0 heterocycles. The zero-order chi connectivity index (χ0) is 17.5. The van der Waals surface area contributed by atoms with Gasteiger partial charge in [0, 0.05) is 11.1 Å². The molecular weight excluding hydrogens is 292 g/mol. The number of hydrogen-bond acceptors (Lipinski definition) is 4. The fourth-order valence-electron chi connectivity index (χ4n) is 2.33. The zero-order valence-corrected chi connectivity index (χ0v) is 15.4. The summed E-state index contributed by atoms with van der Waals surface area (Å²) in [6, 6.07) is 0. The molecule has 0 saturated carbocycles. The van der Waals surface area contributed by atoms with Gasteiger partial charge in [0.25, 0.3) is 0 Å². The van der Waals surface area contributed by atoms with Crippen molar-refractivity contribution in [1.29, 1.82) is 0 Å². The van der Waals surface area contributed by atoms with Crippen LogP contribution in [0.2, 0.25) is 0 Å². The van der Waals surface area contributed by atoms with Gasteiger partial charge in [0.15, 0.2) is 0 Å². The summed E-state index contributed by atoms with van der Waals surface area (Å²) in [5, 5.41) is 0. The number of esters is 2. The molecular formula is C19H34O4. The molecule has 0 radical (unpaired) electrons. The van der Waals surface area contributed by atoms with E-state index in [0.29, 0.717) is 37.2 Å². The standard InChI is InChI=1S/C19H34O4/c1-5-9-10-11-12-13-17(19(21)23-15-7-3)16(8-4)18(20)22-14-6-2/h5-15H2,1-4H3/b17-16-. The maximum absolute atomic E-state index is 12.3. The molecule has 23 heavy (non-hydrogen) atoms. The summed E-state index contributed by atoms with van der Waals surface area (Å²) in [6.07, 6.45) is 8.16. The molecule has 0 N–H and O–H groups in total. The predicted octanol–water partition coefficient (Wildman–Crippen LogP) is 4.96. The van der Waals surface area contributed by atoms with Crippen molar-refractivity contribution in [3.8, 4) is 0 Å². The third-order valence-corrected chi connectivity index (χ3v) is 3.62. The van der Waals surface area contributed by atoms with Crippen molar-refractivity contribution in [2.75, 3.05) is 13.2 Å². The van der Waals surface area contributed by atoms with E-state index in [1.807, 2.05) is 20.8 Å². The van der Waals surface area contributed by atoms with E-state index >= 15 is 0 Å². The van der Waals surface area contributed by atoms with E-state index in [4.69, 9.17) is 9.47 Å². The number of rotatable bonds is 13. The van der Waals surface area contributed by atoms with Crippen molar-refractivity contribution in [2.45, 2.75) is 85.5 Å². The third kappa shape index (κ3) is 9.42. The molecule has 0 aromatic heterocycles. The highest BCUT2D eigenvalue weighted by Crippen LogP contribution is 2.20. The zero-order valence-electron chi connectivity index (χ0n) is 15.4. The van der Waals surface area contributed by atoms with E-state index in [-0.39, 0.29) is 11.9 Å². The maximum Gasteiger partial charge on any atom is 0.334 e. The van der Waals surface area contributed by atoms with Crippen LogP contribution in [0.1, 0.15) is 85.5 Å². The van der Waals surface area contributed by atoms with Crippen molar-refractivity contribution in [2.24, 2.45) is 0 Å². The van der Waals surface area contributed by atoms with E-state index in [1.54, 1.807) is 0 Å². The lowest BCUT2D eigenvalue weighted by Gasteiger charge is -2.13. The normalized spacial score (nSPS) is 11.8. The molecule has 0 bridgehead atoms. The first-order valence-corrected chi connectivity index (χ1v) is 9.18. The van der Waals surface area contributed by atoms with Crippen LogP contribution >= 0.6 is 0 Å². The average Bonchev–Trinajstić information content (AvgIpc) is 2.56. The minimum absolute atomic E-state index is 0.354. The Bertz CT molecular complexity index is 372. The van der Waals surface area contributed by atoms with Crippen LogP contribution in [0, 0.1) is 0 Å². The molecule has 0 aliphatic carbocycles. The van der Waals surface area contributed by atoms with Crippen LogP contribution in [0.3, 0.4) is 0 Å². The number of hydrogen-bond donors (Lipinski definition) is 0. The molecule has 0 aliphatic heterocycles. The molecule has 134 valence electrons. The second-order valence-corrected chi connectivity index (χ2v) is 5.75. The minimum atomic E-state index is -0.369. The SMILES string of the molecule is CCCCCCC/C(C(=O)OCCC)=C(\CC)C(=O)OCCC. The van der Waals surface area contributed by atoms with Crippen LogP contribution < -0.4 is 0 Å². The van der Waals surface area contributed by atoms with Gasteiger partial charge in [0.2, 0.25) is 0 Å². The molecule has 0 saturated heterocycles. The van der Waals surface area contributed by atoms with Crippen molar-refractivity contribution >= 4 is 11.9 Å². The minimum Gasteiger partial charge on any atom is -0.462 e. The Kier molecular flexibility index (Phi) is 13.5. The highest BCUT2D eigenvalue weighted by atomic mass is 16.5. The molecule has 0 aromatic carbocycles.